The van der Waals surface area contributed by atoms with Gasteiger partial charge < -0.3 is 5.32 Å². The van der Waals surface area contributed by atoms with E-state index in [0.717, 1.165) is 10.6 Å². The number of hydrogen-bond donors (Lipinski definition) is 1. The Kier molecular flexibility index (Phi) is 3.32. The van der Waals surface area contributed by atoms with Crippen molar-refractivity contribution in [1.82, 2.24) is 19.6 Å². The second-order valence-electron chi connectivity index (χ2n) is 4.80. The average Bonchev–Trinajstić information content (AvgIpc) is 3.25. The van der Waals surface area contributed by atoms with Crippen molar-refractivity contribution in [1.29, 1.82) is 0 Å². The first-order valence-corrected chi connectivity index (χ1v) is 7.79. The molecule has 1 amide bonds. The molecule has 0 fully saturated rings. The molecule has 7 heteroatoms. The molecule has 0 aromatic carbocycles. The number of hydrogen-bond acceptors (Lipinski definition) is 5. The van der Waals surface area contributed by atoms with Crippen LogP contribution < -0.4 is 5.32 Å². The number of thiophene rings is 1. The van der Waals surface area contributed by atoms with E-state index in [2.05, 4.69) is 20.4 Å². The molecule has 0 aliphatic carbocycles. The molecule has 4 aromatic heterocycles. The summed E-state index contributed by atoms with van der Waals surface area (Å²) in [5, 5.41) is 9.19. The predicted molar refractivity (Wildman–Crippen MR) is 88.5 cm³/mol. The number of rotatable bonds is 3. The molecule has 6 nitrogen and oxygen atoms in total. The van der Waals surface area contributed by atoms with Gasteiger partial charge in [0.15, 0.2) is 11.3 Å². The molecule has 1 N–H and O–H groups in total. The maximum atomic E-state index is 12.3. The molecule has 0 aliphatic rings. The quantitative estimate of drug-likeness (QED) is 0.629. The minimum atomic E-state index is -0.279. The summed E-state index contributed by atoms with van der Waals surface area (Å²) in [6.45, 7) is 0. The highest BCUT2D eigenvalue weighted by Crippen LogP contribution is 2.24. The average molecular weight is 321 g/mol. The number of carbonyl (C=O) groups is 1. The molecule has 0 aliphatic heterocycles. The van der Waals surface area contributed by atoms with Crippen LogP contribution in [0.5, 0.6) is 0 Å². The van der Waals surface area contributed by atoms with Crippen molar-refractivity contribution in [2.75, 3.05) is 5.32 Å². The zero-order valence-corrected chi connectivity index (χ0v) is 12.7. The van der Waals surface area contributed by atoms with Crippen LogP contribution in [0.25, 0.3) is 16.2 Å². The molecule has 4 aromatic rings. The Morgan fingerprint density at radius 1 is 1.13 bits per heavy atom. The predicted octanol–water partition coefficient (Wildman–Crippen LogP) is 3.11. The molecule has 0 saturated heterocycles. The fourth-order valence-electron chi connectivity index (χ4n) is 2.25. The largest absolute Gasteiger partial charge is 0.320 e. The number of anilines is 1. The lowest BCUT2D eigenvalue weighted by Crippen LogP contribution is -2.12. The molecule has 0 atom stereocenters. The summed E-state index contributed by atoms with van der Waals surface area (Å²) in [5.41, 5.74) is 2.54. The van der Waals surface area contributed by atoms with Crippen molar-refractivity contribution in [2.45, 2.75) is 0 Å². The smallest absolute Gasteiger partial charge is 0.276 e. The Hall–Kier alpha value is -3.06. The van der Waals surface area contributed by atoms with Crippen LogP contribution in [-0.4, -0.2) is 25.5 Å². The van der Waals surface area contributed by atoms with Crippen LogP contribution >= 0.6 is 11.3 Å². The molecule has 112 valence electrons. The normalized spacial score (nSPS) is 10.8. The van der Waals surface area contributed by atoms with Gasteiger partial charge in [0.05, 0.1) is 10.6 Å². The lowest BCUT2D eigenvalue weighted by molar-refractivity contribution is 0.102. The van der Waals surface area contributed by atoms with Crippen LogP contribution in [-0.2, 0) is 0 Å². The van der Waals surface area contributed by atoms with Crippen LogP contribution in [0.2, 0.25) is 0 Å². The topological polar surface area (TPSA) is 72.2 Å². The van der Waals surface area contributed by atoms with Crippen molar-refractivity contribution in [3.05, 3.63) is 66.1 Å². The maximum absolute atomic E-state index is 12.3. The molecule has 4 rings (SSSR count). The van der Waals surface area contributed by atoms with Gasteiger partial charge in [-0.1, -0.05) is 6.07 Å². The summed E-state index contributed by atoms with van der Waals surface area (Å²) in [7, 11) is 0. The molecule has 0 saturated carbocycles. The first-order valence-electron chi connectivity index (χ1n) is 6.91. The van der Waals surface area contributed by atoms with E-state index in [1.807, 2.05) is 23.6 Å². The Morgan fingerprint density at radius 3 is 2.78 bits per heavy atom. The van der Waals surface area contributed by atoms with E-state index in [0.29, 0.717) is 17.0 Å². The summed E-state index contributed by atoms with van der Waals surface area (Å²) in [6.07, 6.45) is 4.96. The van der Waals surface area contributed by atoms with Gasteiger partial charge in [0.1, 0.15) is 0 Å². The third kappa shape index (κ3) is 2.58. The number of aromatic nitrogens is 4. The molecule has 4 heterocycles. The van der Waals surface area contributed by atoms with E-state index in [4.69, 9.17) is 0 Å². The maximum Gasteiger partial charge on any atom is 0.276 e. The highest BCUT2D eigenvalue weighted by atomic mass is 32.1. The summed E-state index contributed by atoms with van der Waals surface area (Å²) in [6, 6.07) is 11.0. The summed E-state index contributed by atoms with van der Waals surface area (Å²) in [5.74, 6) is -0.279. The van der Waals surface area contributed by atoms with Crippen LogP contribution in [0.4, 0.5) is 5.69 Å². The highest BCUT2D eigenvalue weighted by molar-refractivity contribution is 7.13. The van der Waals surface area contributed by atoms with Gasteiger partial charge in [-0.3, -0.25) is 9.78 Å². The third-order valence-electron chi connectivity index (χ3n) is 3.30. The van der Waals surface area contributed by atoms with Gasteiger partial charge in [-0.15, -0.1) is 11.3 Å². The molecular weight excluding hydrogens is 310 g/mol. The number of nitrogens with one attached hydrogen (secondary N) is 1. The van der Waals surface area contributed by atoms with Gasteiger partial charge in [-0.25, -0.2) is 9.50 Å². The second kappa shape index (κ2) is 5.62. The molecule has 0 bridgehead atoms. The molecule has 23 heavy (non-hydrogen) atoms. The highest BCUT2D eigenvalue weighted by Gasteiger charge is 2.14. The molecule has 0 unspecified atom stereocenters. The zero-order valence-electron chi connectivity index (χ0n) is 11.9. The number of fused-ring (bicyclic) bond motifs is 1. The van der Waals surface area contributed by atoms with Crippen LogP contribution in [0.1, 0.15) is 10.5 Å². The van der Waals surface area contributed by atoms with E-state index in [-0.39, 0.29) is 5.91 Å². The first-order chi connectivity index (χ1) is 11.3. The van der Waals surface area contributed by atoms with Crippen molar-refractivity contribution in [3.8, 4) is 10.6 Å². The summed E-state index contributed by atoms with van der Waals surface area (Å²) in [4.78, 5) is 21.6. The lowest BCUT2D eigenvalue weighted by Gasteiger charge is -2.02. The van der Waals surface area contributed by atoms with E-state index < -0.39 is 0 Å². The lowest BCUT2D eigenvalue weighted by atomic mass is 10.3. The van der Waals surface area contributed by atoms with Gasteiger partial charge in [-0.2, -0.15) is 5.10 Å². The molecule has 0 radical (unpaired) electrons. The number of nitrogens with zero attached hydrogens (tertiary/aromatic N) is 4. The zero-order chi connectivity index (χ0) is 15.6. The van der Waals surface area contributed by atoms with Gasteiger partial charge >= 0.3 is 0 Å². The fraction of sp³-hybridized carbons (Fsp3) is 0. The van der Waals surface area contributed by atoms with E-state index in [9.17, 15) is 4.79 Å². The standard InChI is InChI=1S/C16H11N5OS/c22-16(19-11-3-6-17-7-4-11)12-10-15-18-8-5-13(21(15)20-12)14-2-1-9-23-14/h1-10H,(H,17,19,22). The van der Waals surface area contributed by atoms with Crippen molar-refractivity contribution < 1.29 is 4.79 Å². The van der Waals surface area contributed by atoms with Gasteiger partial charge in [0, 0.05) is 30.3 Å². The van der Waals surface area contributed by atoms with Crippen molar-refractivity contribution >= 4 is 28.6 Å². The Bertz CT molecular complexity index is 963. The monoisotopic (exact) mass is 321 g/mol. The molecule has 0 spiro atoms. The van der Waals surface area contributed by atoms with E-state index >= 15 is 0 Å². The van der Waals surface area contributed by atoms with Crippen molar-refractivity contribution in [3.63, 3.8) is 0 Å². The van der Waals surface area contributed by atoms with E-state index in [1.165, 1.54) is 0 Å². The minimum absolute atomic E-state index is 0.279. The third-order valence-corrected chi connectivity index (χ3v) is 4.19. The van der Waals surface area contributed by atoms with Gasteiger partial charge in [0.2, 0.25) is 0 Å². The van der Waals surface area contributed by atoms with Crippen LogP contribution in [0.3, 0.4) is 0 Å². The number of amides is 1. The van der Waals surface area contributed by atoms with Gasteiger partial charge in [0.25, 0.3) is 5.91 Å². The fourth-order valence-corrected chi connectivity index (χ4v) is 2.98. The van der Waals surface area contributed by atoms with Crippen molar-refractivity contribution in [2.24, 2.45) is 0 Å². The second-order valence-corrected chi connectivity index (χ2v) is 5.74. The number of carbonyl (C=O) groups excluding carboxylic acids is 1. The molecular formula is C16H11N5OS. The first kappa shape index (κ1) is 13.6. The SMILES string of the molecule is O=C(Nc1ccncc1)c1cc2nccc(-c3cccs3)n2n1. The Balaban J connectivity index is 1.72. The van der Waals surface area contributed by atoms with Crippen LogP contribution in [0, 0.1) is 0 Å². The number of pyridine rings is 1. The minimum Gasteiger partial charge on any atom is -0.320 e. The van der Waals surface area contributed by atoms with Gasteiger partial charge in [-0.05, 0) is 29.6 Å². The summed E-state index contributed by atoms with van der Waals surface area (Å²) >= 11 is 1.62. The Morgan fingerprint density at radius 2 is 2.00 bits per heavy atom. The van der Waals surface area contributed by atoms with Crippen LogP contribution in [0.15, 0.2) is 60.4 Å². The van der Waals surface area contributed by atoms with E-state index in [1.54, 1.807) is 52.6 Å². The summed E-state index contributed by atoms with van der Waals surface area (Å²) < 4.78 is 1.69. The Labute approximate surface area is 135 Å².